The number of para-hydroxylation sites is 1. The average molecular weight is 1090 g/mol. The summed E-state index contributed by atoms with van der Waals surface area (Å²) in [6.07, 6.45) is 2.04. The molecule has 0 radical (unpaired) electrons. The standard InChI is InChI=1S/C62H68N3O.Pt/c1-39(2)31-40-23-28-54(50(32-40)42-19-16-15-17-20-42)65-55-22-18-21-49(56(55)64-58(65)51-37-48(61(9,10)11)38-52(57(51)66)62(12,13)14)44-33-45(35-47(34-44)60(6,7)8)53-36-43(29-30-63-53)41-24-26-46(27-25-41)59(3,4)5;/h15-30,32,34-39,66H,31H2,1-14H3;/q-1;/i3D3,4D3,5D3,9D3,10D3,11D3,12D3,13D3,14D3;. The molecule has 0 amide bonds. The van der Waals surface area contributed by atoms with Crippen molar-refractivity contribution in [1.29, 1.82) is 0 Å². The molecule has 0 aliphatic heterocycles. The Hall–Kier alpha value is -5.57. The van der Waals surface area contributed by atoms with Crippen molar-refractivity contribution in [2.45, 2.75) is 124 Å². The van der Waals surface area contributed by atoms with E-state index >= 15 is 0 Å². The van der Waals surface area contributed by atoms with Gasteiger partial charge in [0.05, 0.1) is 22.3 Å². The molecular weight excluding hydrogens is 998 g/mol. The minimum Gasteiger partial charge on any atom is -0.507 e. The summed E-state index contributed by atoms with van der Waals surface area (Å²) < 4.78 is 234. The maximum atomic E-state index is 13.1. The molecule has 5 heteroatoms. The minimum absolute atomic E-state index is 0. The summed E-state index contributed by atoms with van der Waals surface area (Å²) in [7, 11) is 0. The van der Waals surface area contributed by atoms with Crippen LogP contribution in [-0.2, 0) is 49.1 Å². The third-order valence-electron chi connectivity index (χ3n) is 11.6. The van der Waals surface area contributed by atoms with Gasteiger partial charge >= 0.3 is 0 Å². The van der Waals surface area contributed by atoms with Crippen molar-refractivity contribution >= 4 is 11.0 Å². The molecule has 0 aliphatic rings. The summed E-state index contributed by atoms with van der Waals surface area (Å²) in [6, 6.07) is 35.7. The molecule has 0 atom stereocenters. The van der Waals surface area contributed by atoms with E-state index < -0.39 is 117 Å². The maximum absolute atomic E-state index is 13.1. The summed E-state index contributed by atoms with van der Waals surface area (Å²) in [6.45, 7) is -25.6. The van der Waals surface area contributed by atoms with E-state index in [4.69, 9.17) is 47.0 Å². The molecule has 67 heavy (non-hydrogen) atoms. The molecule has 0 aliphatic carbocycles. The van der Waals surface area contributed by atoms with Crippen LogP contribution in [0, 0.1) is 12.0 Å². The molecular formula is C62H68N3OPt-. The predicted octanol–water partition coefficient (Wildman–Crippen LogP) is 16.6. The van der Waals surface area contributed by atoms with Gasteiger partial charge < -0.3 is 5.11 Å². The molecule has 0 saturated heterocycles. The number of hydrogen-bond donors (Lipinski definition) is 1. The third kappa shape index (κ3) is 10.3. The van der Waals surface area contributed by atoms with Crippen LogP contribution in [0.2, 0.25) is 0 Å². The van der Waals surface area contributed by atoms with Crippen LogP contribution in [-0.4, -0.2) is 19.6 Å². The minimum atomic E-state index is -4.21. The SMILES string of the molecule is [2H]C([2H])([2H])C(c1ccc(-c2ccnc(-c3[c-]c(-c4cccc5c4nc(-c4cc(C(C([2H])([2H])[2H])(C([2H])([2H])[2H])C([2H])([2H])[2H])cc(C(C([2H])([2H])[2H])(C([2H])([2H])[2H])C([2H])([2H])[2H])c4O)n5-c4ccc(CC(C)C)cc4-c4ccccc4)cc(C(C)(C)C)c3)c2)cc1)(C([2H])([2H])[2H])C([2H])([2H])[2H].[Pt]. The van der Waals surface area contributed by atoms with E-state index in [2.05, 4.69) is 6.07 Å². The molecule has 2 aromatic heterocycles. The van der Waals surface area contributed by atoms with E-state index in [1.807, 2.05) is 52.8 Å². The van der Waals surface area contributed by atoms with Gasteiger partial charge in [-0.05, 0) is 97.7 Å². The van der Waals surface area contributed by atoms with Gasteiger partial charge in [-0.3, -0.25) is 9.55 Å². The number of benzene rings is 6. The third-order valence-corrected chi connectivity index (χ3v) is 11.6. The van der Waals surface area contributed by atoms with Gasteiger partial charge in [0.2, 0.25) is 0 Å². The first kappa shape index (κ1) is 25.2. The van der Waals surface area contributed by atoms with Gasteiger partial charge in [0.15, 0.2) is 0 Å². The van der Waals surface area contributed by atoms with Gasteiger partial charge in [-0.25, -0.2) is 4.98 Å². The summed E-state index contributed by atoms with van der Waals surface area (Å²) in [4.78, 5) is 9.85. The number of phenolic OH excluding ortho intramolecular Hbond substituents is 1. The van der Waals surface area contributed by atoms with Crippen molar-refractivity contribution in [3.63, 3.8) is 0 Å². The predicted molar refractivity (Wildman–Crippen MR) is 280 cm³/mol. The summed E-state index contributed by atoms with van der Waals surface area (Å²) in [5.74, 6) is -1.79. The molecule has 0 spiro atoms. The van der Waals surface area contributed by atoms with Crippen molar-refractivity contribution in [2.75, 3.05) is 0 Å². The van der Waals surface area contributed by atoms with Crippen LogP contribution in [0.25, 0.3) is 72.7 Å². The normalized spacial score (nSPS) is 20.1. The molecule has 0 bridgehead atoms. The summed E-state index contributed by atoms with van der Waals surface area (Å²) >= 11 is 0. The van der Waals surface area contributed by atoms with Crippen molar-refractivity contribution in [2.24, 2.45) is 5.92 Å². The Morgan fingerprint density at radius 1 is 0.597 bits per heavy atom. The zero-order valence-electron chi connectivity index (χ0n) is 64.6. The molecule has 2 heterocycles. The Morgan fingerprint density at radius 3 is 1.94 bits per heavy atom. The molecule has 8 rings (SSSR count). The number of nitrogens with zero attached hydrogens (tertiary/aromatic N) is 3. The number of aromatic hydroxyl groups is 1. The van der Waals surface area contributed by atoms with Crippen LogP contribution >= 0.6 is 0 Å². The Bertz CT molecular complexity index is 3970. The van der Waals surface area contributed by atoms with Crippen molar-refractivity contribution in [3.8, 4) is 67.5 Å². The van der Waals surface area contributed by atoms with Crippen molar-refractivity contribution in [3.05, 3.63) is 167 Å². The quantitative estimate of drug-likeness (QED) is 0.154. The number of aromatic nitrogens is 3. The van der Waals surface area contributed by atoms with E-state index in [-0.39, 0.29) is 55.3 Å². The van der Waals surface area contributed by atoms with Gasteiger partial charge in [0, 0.05) is 81.1 Å². The molecule has 4 nitrogen and oxygen atoms in total. The molecule has 0 fully saturated rings. The second-order valence-corrected chi connectivity index (χ2v) is 18.4. The first-order valence-corrected chi connectivity index (χ1v) is 21.5. The summed E-state index contributed by atoms with van der Waals surface area (Å²) in [5.41, 5.74) is -11.0. The number of hydrogen-bond acceptors (Lipinski definition) is 3. The van der Waals surface area contributed by atoms with Gasteiger partial charge in [-0.15, -0.1) is 29.3 Å². The van der Waals surface area contributed by atoms with Crippen molar-refractivity contribution in [1.82, 2.24) is 14.5 Å². The Balaban J connectivity index is 0.0000125. The van der Waals surface area contributed by atoms with Crippen LogP contribution in [0.3, 0.4) is 0 Å². The smallest absolute Gasteiger partial charge is 0.148 e. The second kappa shape index (κ2) is 18.5. The summed E-state index contributed by atoms with van der Waals surface area (Å²) in [5, 5.41) is 13.1. The zero-order chi connectivity index (χ0) is 70.0. The Morgan fingerprint density at radius 2 is 1.27 bits per heavy atom. The van der Waals surface area contributed by atoms with Gasteiger partial charge in [0.1, 0.15) is 11.6 Å². The maximum Gasteiger partial charge on any atom is 0.148 e. The number of pyridine rings is 1. The number of phenols is 1. The van der Waals surface area contributed by atoms with E-state index in [9.17, 15) is 5.11 Å². The van der Waals surface area contributed by atoms with E-state index in [0.29, 0.717) is 57.1 Å². The molecule has 348 valence electrons. The molecule has 8 aromatic rings. The van der Waals surface area contributed by atoms with E-state index in [0.717, 1.165) is 17.7 Å². The zero-order valence-corrected chi connectivity index (χ0v) is 39.9. The van der Waals surface area contributed by atoms with Crippen LogP contribution in [0.1, 0.15) is 161 Å². The van der Waals surface area contributed by atoms with Gasteiger partial charge in [0.25, 0.3) is 0 Å². The first-order chi connectivity index (χ1) is 42.2. The number of fused-ring (bicyclic) bond motifs is 1. The Kier molecular flexibility index (Phi) is 6.94. The fourth-order valence-corrected chi connectivity index (χ4v) is 8.23. The molecule has 0 saturated carbocycles. The first-order valence-electron chi connectivity index (χ1n) is 35.0. The van der Waals surface area contributed by atoms with Crippen LogP contribution in [0.4, 0.5) is 0 Å². The topological polar surface area (TPSA) is 50.9 Å². The Labute approximate surface area is 453 Å². The number of imidazole rings is 1. The van der Waals surface area contributed by atoms with E-state index in [1.165, 1.54) is 22.9 Å². The van der Waals surface area contributed by atoms with Gasteiger partial charge in [-0.2, -0.15) is 0 Å². The largest absolute Gasteiger partial charge is 0.507 e. The van der Waals surface area contributed by atoms with E-state index in [1.54, 1.807) is 72.8 Å². The van der Waals surface area contributed by atoms with Gasteiger partial charge in [-0.1, -0.05) is 192 Å². The van der Waals surface area contributed by atoms with Crippen LogP contribution < -0.4 is 0 Å². The van der Waals surface area contributed by atoms with Crippen molar-refractivity contribution < 1.29 is 63.2 Å². The second-order valence-electron chi connectivity index (χ2n) is 18.4. The molecule has 0 unspecified atom stereocenters. The number of rotatable bonds is 8. The average Bonchev–Trinajstić information content (AvgIpc) is 0.750. The fraction of sp³-hybridized carbons (Fsp3) is 0.323. The molecule has 6 aromatic carbocycles. The monoisotopic (exact) mass is 1090 g/mol. The van der Waals surface area contributed by atoms with Crippen LogP contribution in [0.15, 0.2) is 134 Å². The van der Waals surface area contributed by atoms with Crippen LogP contribution in [0.5, 0.6) is 5.75 Å². The molecule has 1 N–H and O–H groups in total. The fourth-order valence-electron chi connectivity index (χ4n) is 8.23.